The van der Waals surface area contributed by atoms with Crippen molar-refractivity contribution in [3.63, 3.8) is 0 Å². The summed E-state index contributed by atoms with van der Waals surface area (Å²) >= 11 is 9.98. The maximum absolute atomic E-state index is 4.40. The van der Waals surface area contributed by atoms with Gasteiger partial charge in [0.15, 0.2) is 0 Å². The van der Waals surface area contributed by atoms with E-state index in [0.717, 1.165) is 48.0 Å². The molecule has 0 atom stereocenters. The maximum atomic E-state index is 4.40. The molecule has 1 heterocycles. The van der Waals surface area contributed by atoms with E-state index < -0.39 is 0 Å². The number of rotatable bonds is 10. The SMILES string of the molecule is C=C(S)/C1=C/C/C=C(/C/C(=C/C)SC/C(=C\C)CC/N=C\SC)CSC1. The lowest BCUT2D eigenvalue weighted by Crippen LogP contribution is -1.98. The average molecular weight is 426 g/mol. The van der Waals surface area contributed by atoms with Crippen LogP contribution in [0.2, 0.25) is 0 Å². The van der Waals surface area contributed by atoms with E-state index in [1.807, 2.05) is 35.3 Å². The fourth-order valence-corrected chi connectivity index (χ4v) is 5.15. The number of thioether (sulfide) groups is 3. The predicted octanol–water partition coefficient (Wildman–Crippen LogP) is 7.17. The van der Waals surface area contributed by atoms with E-state index in [9.17, 15) is 0 Å². The Kier molecular flexibility index (Phi) is 13.5. The van der Waals surface area contributed by atoms with E-state index in [0.29, 0.717) is 0 Å². The zero-order valence-corrected chi connectivity index (χ0v) is 19.5. The first-order chi connectivity index (χ1) is 12.6. The van der Waals surface area contributed by atoms with Crippen LogP contribution in [0.3, 0.4) is 0 Å². The van der Waals surface area contributed by atoms with E-state index in [1.165, 1.54) is 21.6 Å². The Hall–Kier alpha value is -0.230. The van der Waals surface area contributed by atoms with Gasteiger partial charge < -0.3 is 0 Å². The quantitative estimate of drug-likeness (QED) is 0.172. The van der Waals surface area contributed by atoms with E-state index >= 15 is 0 Å². The van der Waals surface area contributed by atoms with Crippen LogP contribution in [0.25, 0.3) is 0 Å². The summed E-state index contributed by atoms with van der Waals surface area (Å²) in [6.45, 7) is 9.12. The highest BCUT2D eigenvalue weighted by atomic mass is 32.2. The molecule has 0 aromatic rings. The normalized spacial score (nSPS) is 20.9. The molecular weight excluding hydrogens is 395 g/mol. The van der Waals surface area contributed by atoms with Gasteiger partial charge in [0.25, 0.3) is 0 Å². The number of hydrogen-bond acceptors (Lipinski definition) is 5. The van der Waals surface area contributed by atoms with Crippen LogP contribution >= 0.6 is 47.9 Å². The molecule has 0 unspecified atom stereocenters. The monoisotopic (exact) mass is 425 g/mol. The summed E-state index contributed by atoms with van der Waals surface area (Å²) < 4.78 is 0. The molecule has 0 amide bonds. The molecule has 0 aliphatic carbocycles. The predicted molar refractivity (Wildman–Crippen MR) is 132 cm³/mol. The molecule has 0 radical (unpaired) electrons. The van der Waals surface area contributed by atoms with Gasteiger partial charge in [-0.05, 0) is 49.8 Å². The van der Waals surface area contributed by atoms with Gasteiger partial charge in [0.1, 0.15) is 0 Å². The third-order valence-corrected chi connectivity index (χ3v) is 7.01. The summed E-state index contributed by atoms with van der Waals surface area (Å²) in [5.41, 5.74) is 6.21. The van der Waals surface area contributed by atoms with Crippen LogP contribution in [0.15, 0.2) is 62.4 Å². The molecular formula is C21H31NS4. The summed E-state index contributed by atoms with van der Waals surface area (Å²) in [7, 11) is 0. The van der Waals surface area contributed by atoms with Crippen LogP contribution < -0.4 is 0 Å². The molecule has 26 heavy (non-hydrogen) atoms. The third kappa shape index (κ3) is 10.2. The Morgan fingerprint density at radius 2 is 2.12 bits per heavy atom. The largest absolute Gasteiger partial charge is 0.286 e. The second-order valence-corrected chi connectivity index (χ2v) is 9.24. The van der Waals surface area contributed by atoms with Gasteiger partial charge in [0.05, 0.1) is 5.55 Å². The van der Waals surface area contributed by atoms with Gasteiger partial charge in [-0.3, -0.25) is 4.99 Å². The van der Waals surface area contributed by atoms with Crippen LogP contribution in [0, 0.1) is 0 Å². The minimum Gasteiger partial charge on any atom is -0.286 e. The third-order valence-electron chi connectivity index (χ3n) is 4.00. The van der Waals surface area contributed by atoms with Crippen molar-refractivity contribution in [2.75, 3.05) is 30.1 Å². The summed E-state index contributed by atoms with van der Waals surface area (Å²) in [5, 5.41) is 0. The molecule has 0 spiro atoms. The summed E-state index contributed by atoms with van der Waals surface area (Å²) in [6.07, 6.45) is 14.3. The maximum Gasteiger partial charge on any atom is 0.0538 e. The first kappa shape index (κ1) is 23.8. The van der Waals surface area contributed by atoms with Crippen LogP contribution in [0.1, 0.15) is 33.1 Å². The Morgan fingerprint density at radius 3 is 2.77 bits per heavy atom. The number of allylic oxidation sites excluding steroid dienone is 6. The molecule has 0 saturated heterocycles. The fourth-order valence-electron chi connectivity index (χ4n) is 2.38. The van der Waals surface area contributed by atoms with E-state index in [-0.39, 0.29) is 0 Å². The minimum atomic E-state index is 0.888. The van der Waals surface area contributed by atoms with Crippen LogP contribution in [-0.4, -0.2) is 35.6 Å². The molecule has 0 aromatic carbocycles. The van der Waals surface area contributed by atoms with Crippen molar-refractivity contribution in [1.29, 1.82) is 0 Å². The van der Waals surface area contributed by atoms with Gasteiger partial charge in [-0.1, -0.05) is 42.0 Å². The Balaban J connectivity index is 2.52. The Bertz CT molecular complexity index is 597. The smallest absolute Gasteiger partial charge is 0.0538 e. The van der Waals surface area contributed by atoms with E-state index in [2.05, 4.69) is 62.4 Å². The molecule has 0 N–H and O–H groups in total. The van der Waals surface area contributed by atoms with Gasteiger partial charge in [-0.2, -0.15) is 11.8 Å². The van der Waals surface area contributed by atoms with Crippen molar-refractivity contribution >= 4 is 53.5 Å². The molecule has 1 nitrogen and oxygen atoms in total. The highest BCUT2D eigenvalue weighted by Crippen LogP contribution is 2.30. The fraction of sp³-hybridized carbons (Fsp3) is 0.476. The van der Waals surface area contributed by atoms with Crippen LogP contribution in [-0.2, 0) is 0 Å². The van der Waals surface area contributed by atoms with Gasteiger partial charge in [-0.25, -0.2) is 0 Å². The van der Waals surface area contributed by atoms with Crippen LogP contribution in [0.5, 0.6) is 0 Å². The summed E-state index contributed by atoms with van der Waals surface area (Å²) in [6, 6.07) is 0. The highest BCUT2D eigenvalue weighted by Gasteiger charge is 2.08. The van der Waals surface area contributed by atoms with Gasteiger partial charge >= 0.3 is 0 Å². The average Bonchev–Trinajstić information content (AvgIpc) is 2.61. The first-order valence-electron chi connectivity index (χ1n) is 8.86. The molecule has 0 saturated carbocycles. The van der Waals surface area contributed by atoms with Gasteiger partial charge in [0, 0.05) is 28.7 Å². The van der Waals surface area contributed by atoms with Crippen molar-refractivity contribution in [3.8, 4) is 0 Å². The molecule has 5 heteroatoms. The summed E-state index contributed by atoms with van der Waals surface area (Å²) in [4.78, 5) is 6.77. The standard InChI is InChI=1S/C21H31NS4/c1-5-18(10-11-22-16-24-4)14-26-21(6-2)12-19-8-7-9-20(17(3)23)15-25-13-19/h5-6,8-9,16,23H,3,7,10-15H2,1-2,4H3/b18-5-,19-8-,20-9+,21-6-,22-16-. The molecule has 0 bridgehead atoms. The molecule has 0 fully saturated rings. The first-order valence-corrected chi connectivity index (χ1v) is 12.7. The topological polar surface area (TPSA) is 12.4 Å². The van der Waals surface area contributed by atoms with Gasteiger partial charge in [-0.15, -0.1) is 36.2 Å². The lowest BCUT2D eigenvalue weighted by atomic mass is 10.1. The second-order valence-electron chi connectivity index (χ2n) is 5.93. The van der Waals surface area contributed by atoms with Crippen LogP contribution in [0.4, 0.5) is 0 Å². The summed E-state index contributed by atoms with van der Waals surface area (Å²) in [5.74, 6) is 3.17. The molecule has 1 aliphatic rings. The van der Waals surface area contributed by atoms with E-state index in [4.69, 9.17) is 0 Å². The zero-order chi connectivity index (χ0) is 19.2. The van der Waals surface area contributed by atoms with E-state index in [1.54, 1.807) is 11.8 Å². The molecule has 144 valence electrons. The number of nitrogens with zero attached hydrogens (tertiary/aromatic N) is 1. The van der Waals surface area contributed by atoms with Gasteiger partial charge in [0.2, 0.25) is 0 Å². The number of hydrogen-bond donors (Lipinski definition) is 1. The molecule has 1 rings (SSSR count). The molecule has 0 aromatic heterocycles. The second kappa shape index (κ2) is 14.8. The van der Waals surface area contributed by atoms with Crippen molar-refractivity contribution in [3.05, 3.63) is 57.4 Å². The zero-order valence-electron chi connectivity index (χ0n) is 16.2. The lowest BCUT2D eigenvalue weighted by molar-refractivity contribution is 0.957. The highest BCUT2D eigenvalue weighted by molar-refractivity contribution is 8.11. The number of aliphatic imine (C=N–C) groups is 1. The molecule has 1 aliphatic heterocycles. The Morgan fingerprint density at radius 1 is 1.31 bits per heavy atom. The van der Waals surface area contributed by atoms with Crippen molar-refractivity contribution in [2.24, 2.45) is 4.99 Å². The van der Waals surface area contributed by atoms with Crippen molar-refractivity contribution in [2.45, 2.75) is 33.1 Å². The minimum absolute atomic E-state index is 0.888. The lowest BCUT2D eigenvalue weighted by Gasteiger charge is -2.15. The number of thiol groups is 1. The van der Waals surface area contributed by atoms with Crippen molar-refractivity contribution in [1.82, 2.24) is 0 Å². The van der Waals surface area contributed by atoms with Crippen molar-refractivity contribution < 1.29 is 0 Å². The Labute approximate surface area is 178 Å².